The fourth-order valence-electron chi connectivity index (χ4n) is 7.57. The number of hydrogen-bond acceptors (Lipinski definition) is 5. The number of ether oxygens (including phenoxy) is 2. The number of methoxy groups -OCH3 is 1. The largest absolute Gasteiger partial charge is 0.497 e. The Bertz CT molecular complexity index is 871. The van der Waals surface area contributed by atoms with Gasteiger partial charge in [-0.05, 0) is 61.1 Å². The summed E-state index contributed by atoms with van der Waals surface area (Å²) >= 11 is 0. The van der Waals surface area contributed by atoms with Crippen molar-refractivity contribution in [1.82, 2.24) is 4.23 Å². The Balaban J connectivity index is 1.50. The number of hydrogen-bond donors (Lipinski definition) is 0. The van der Waals surface area contributed by atoms with Gasteiger partial charge in [0.15, 0.2) is 0 Å². The van der Waals surface area contributed by atoms with Gasteiger partial charge in [0.2, 0.25) is 0 Å². The molecule has 4 fully saturated rings. The normalized spacial score (nSPS) is 30.7. The van der Waals surface area contributed by atoms with E-state index in [1.54, 1.807) is 7.11 Å². The Morgan fingerprint density at radius 2 is 1.66 bits per heavy atom. The highest BCUT2D eigenvalue weighted by Gasteiger charge is 2.69. The summed E-state index contributed by atoms with van der Waals surface area (Å²) in [7, 11) is -1.74. The van der Waals surface area contributed by atoms with Crippen molar-refractivity contribution in [2.24, 2.45) is 17.3 Å². The van der Waals surface area contributed by atoms with Crippen molar-refractivity contribution >= 4 is 23.6 Å². The third kappa shape index (κ3) is 5.21. The van der Waals surface area contributed by atoms with Gasteiger partial charge < -0.3 is 23.0 Å². The van der Waals surface area contributed by atoms with Gasteiger partial charge >= 0.3 is 7.12 Å². The van der Waals surface area contributed by atoms with Gasteiger partial charge in [-0.1, -0.05) is 65.3 Å². The zero-order valence-corrected chi connectivity index (χ0v) is 25.8. The molecule has 2 bridgehead atoms. The first kappa shape index (κ1) is 27.4. The Hall–Kier alpha value is -0.641. The summed E-state index contributed by atoms with van der Waals surface area (Å²) in [6.07, 6.45) is 3.57. The Kier molecular flexibility index (Phi) is 7.50. The Labute approximate surface area is 216 Å². The van der Waals surface area contributed by atoms with Gasteiger partial charge in [-0.25, -0.2) is 0 Å². The molecule has 1 aliphatic heterocycles. The van der Waals surface area contributed by atoms with Crippen molar-refractivity contribution in [3.05, 3.63) is 29.8 Å². The molecule has 1 saturated heterocycles. The SMILES string of the molecule is COc1ccc(COCC[C@@H](B2O[C@@H]3C[C@@H]4C[C@@H](C4(C)C)[C@]3(C)O2)N([Si](C)(C)C)[Si](C)(C)C)cc1. The van der Waals surface area contributed by atoms with E-state index in [0.717, 1.165) is 24.5 Å². The molecule has 4 aliphatic rings. The molecule has 5 nitrogen and oxygen atoms in total. The monoisotopic (exact) mass is 517 g/mol. The lowest BCUT2D eigenvalue weighted by atomic mass is 9.43. The van der Waals surface area contributed by atoms with Crippen LogP contribution in [0.3, 0.4) is 0 Å². The lowest BCUT2D eigenvalue weighted by Gasteiger charge is -2.64. The first-order valence-corrected chi connectivity index (χ1v) is 20.4. The van der Waals surface area contributed by atoms with Crippen LogP contribution in [-0.2, 0) is 20.7 Å². The van der Waals surface area contributed by atoms with Crippen molar-refractivity contribution in [3.8, 4) is 5.75 Å². The van der Waals surface area contributed by atoms with E-state index in [2.05, 4.69) is 76.4 Å². The predicted octanol–water partition coefficient (Wildman–Crippen LogP) is 6.21. The number of nitrogens with zero attached hydrogens (tertiary/aromatic N) is 1. The van der Waals surface area contributed by atoms with E-state index in [9.17, 15) is 0 Å². The lowest BCUT2D eigenvalue weighted by Crippen LogP contribution is -2.68. The summed E-state index contributed by atoms with van der Waals surface area (Å²) in [5.41, 5.74) is 1.36. The molecular formula is C27H48BNO4Si2. The maximum atomic E-state index is 7.02. The zero-order chi connectivity index (χ0) is 25.8. The molecule has 0 aromatic heterocycles. The van der Waals surface area contributed by atoms with Crippen molar-refractivity contribution in [3.63, 3.8) is 0 Å². The second-order valence-corrected chi connectivity index (χ2v) is 23.9. The van der Waals surface area contributed by atoms with Crippen LogP contribution in [-0.4, -0.2) is 59.2 Å². The lowest BCUT2D eigenvalue weighted by molar-refractivity contribution is -0.199. The number of benzene rings is 1. The summed E-state index contributed by atoms with van der Waals surface area (Å²) in [4.78, 5) is 0. The van der Waals surface area contributed by atoms with Crippen LogP contribution in [0.5, 0.6) is 5.75 Å². The van der Waals surface area contributed by atoms with E-state index in [0.29, 0.717) is 24.5 Å². The average molecular weight is 518 g/mol. The third-order valence-electron chi connectivity index (χ3n) is 9.05. The third-order valence-corrected chi connectivity index (χ3v) is 16.6. The minimum atomic E-state index is -1.63. The fourth-order valence-corrected chi connectivity index (χ4v) is 18.1. The van der Waals surface area contributed by atoms with Crippen LogP contribution >= 0.6 is 0 Å². The van der Waals surface area contributed by atoms with E-state index in [1.807, 2.05) is 12.1 Å². The fraction of sp³-hybridized carbons (Fsp3) is 0.778. The van der Waals surface area contributed by atoms with Crippen LogP contribution in [0.25, 0.3) is 0 Å². The molecule has 5 atom stereocenters. The molecule has 0 unspecified atom stereocenters. The van der Waals surface area contributed by atoms with Crippen molar-refractivity contribution in [2.45, 2.75) is 104 Å². The molecule has 35 heavy (non-hydrogen) atoms. The highest BCUT2D eigenvalue weighted by atomic mass is 28.4. The van der Waals surface area contributed by atoms with E-state index >= 15 is 0 Å². The molecule has 0 radical (unpaired) electrons. The summed E-state index contributed by atoms with van der Waals surface area (Å²) < 4.78 is 28.2. The van der Waals surface area contributed by atoms with Crippen molar-refractivity contribution in [2.75, 3.05) is 13.7 Å². The van der Waals surface area contributed by atoms with E-state index < -0.39 is 16.5 Å². The summed E-state index contributed by atoms with van der Waals surface area (Å²) in [6, 6.07) is 8.15. The van der Waals surface area contributed by atoms with Gasteiger partial charge in [0, 0.05) is 12.5 Å². The molecule has 0 N–H and O–H groups in total. The van der Waals surface area contributed by atoms with Crippen LogP contribution in [0.2, 0.25) is 39.3 Å². The van der Waals surface area contributed by atoms with Crippen molar-refractivity contribution in [1.29, 1.82) is 0 Å². The Morgan fingerprint density at radius 3 is 2.20 bits per heavy atom. The molecule has 0 amide bonds. The molecule has 8 heteroatoms. The van der Waals surface area contributed by atoms with Crippen LogP contribution < -0.4 is 4.74 Å². The van der Waals surface area contributed by atoms with Crippen LogP contribution in [0.15, 0.2) is 24.3 Å². The topological polar surface area (TPSA) is 40.2 Å². The summed E-state index contributed by atoms with van der Waals surface area (Å²) in [6.45, 7) is 23.4. The predicted molar refractivity (Wildman–Crippen MR) is 150 cm³/mol. The van der Waals surface area contributed by atoms with E-state index in [4.69, 9.17) is 18.8 Å². The molecule has 1 heterocycles. The molecule has 3 saturated carbocycles. The Morgan fingerprint density at radius 1 is 1.03 bits per heavy atom. The minimum absolute atomic E-state index is 0.171. The quantitative estimate of drug-likeness (QED) is 0.273. The molecule has 5 rings (SSSR count). The van der Waals surface area contributed by atoms with Crippen LogP contribution in [0.4, 0.5) is 0 Å². The summed E-state index contributed by atoms with van der Waals surface area (Å²) in [5.74, 6) is 2.46. The smallest absolute Gasteiger partial charge is 0.474 e. The maximum Gasteiger partial charge on any atom is 0.474 e. The van der Waals surface area contributed by atoms with Gasteiger partial charge in [0.05, 0.1) is 25.4 Å². The van der Waals surface area contributed by atoms with Gasteiger partial charge in [-0.2, -0.15) is 0 Å². The maximum absolute atomic E-state index is 7.02. The van der Waals surface area contributed by atoms with Gasteiger partial charge in [-0.15, -0.1) is 0 Å². The average Bonchev–Trinajstić information content (AvgIpc) is 3.11. The molecule has 0 spiro atoms. The second-order valence-electron chi connectivity index (χ2n) is 13.8. The van der Waals surface area contributed by atoms with Gasteiger partial charge in [0.1, 0.15) is 22.2 Å². The molecule has 1 aromatic rings. The number of rotatable bonds is 10. The van der Waals surface area contributed by atoms with E-state index in [1.165, 1.54) is 12.0 Å². The second kappa shape index (κ2) is 9.59. The van der Waals surface area contributed by atoms with Crippen LogP contribution in [0.1, 0.15) is 45.6 Å². The first-order valence-electron chi connectivity index (χ1n) is 13.5. The molecular weight excluding hydrogens is 469 g/mol. The minimum Gasteiger partial charge on any atom is -0.497 e. The molecule has 196 valence electrons. The molecule has 3 aliphatic carbocycles. The molecule has 1 aromatic carbocycles. The van der Waals surface area contributed by atoms with E-state index in [-0.39, 0.29) is 24.8 Å². The van der Waals surface area contributed by atoms with Crippen molar-refractivity contribution < 1.29 is 18.8 Å². The van der Waals surface area contributed by atoms with Gasteiger partial charge in [0.25, 0.3) is 0 Å². The summed E-state index contributed by atoms with van der Waals surface area (Å²) in [5, 5.41) is 0. The van der Waals surface area contributed by atoms with Gasteiger partial charge in [-0.3, -0.25) is 0 Å². The highest BCUT2D eigenvalue weighted by Crippen LogP contribution is 2.66. The zero-order valence-electron chi connectivity index (χ0n) is 23.8. The first-order chi connectivity index (χ1) is 16.2. The highest BCUT2D eigenvalue weighted by molar-refractivity contribution is 6.90. The van der Waals surface area contributed by atoms with Crippen LogP contribution in [0, 0.1) is 17.3 Å². The standard InChI is InChI=1S/C27H48BNO4Si2/c1-26(2)21-17-23(26)27(3)24(18-21)32-28(33-27)25(29(34(5,6)7)35(8,9)10)15-16-31-19-20-11-13-22(30-4)14-12-20/h11-14,21,23-25H,15-19H2,1-10H3/t21-,23-,24+,25-,27-/m0/s1.